The minimum atomic E-state index is -0.940. The Morgan fingerprint density at radius 2 is 2.14 bits per heavy atom. The van der Waals surface area contributed by atoms with E-state index < -0.39 is 5.97 Å². The van der Waals surface area contributed by atoms with E-state index in [2.05, 4.69) is 33.7 Å². The molecule has 1 aromatic heterocycles. The number of carboxylic acids is 1. The largest absolute Gasteiger partial charge is 0.478 e. The normalized spacial score (nSPS) is 19.9. The van der Waals surface area contributed by atoms with E-state index in [-0.39, 0.29) is 5.56 Å². The van der Waals surface area contributed by atoms with Gasteiger partial charge in [-0.1, -0.05) is 0 Å². The van der Waals surface area contributed by atoms with Gasteiger partial charge < -0.3 is 14.9 Å². The lowest BCUT2D eigenvalue weighted by molar-refractivity contribution is 0.0697. The lowest BCUT2D eigenvalue weighted by Crippen LogP contribution is -2.50. The molecule has 0 spiro atoms. The van der Waals surface area contributed by atoms with Crippen LogP contribution in [0.3, 0.4) is 0 Å². The zero-order chi connectivity index (χ0) is 15.0. The summed E-state index contributed by atoms with van der Waals surface area (Å²) in [5.74, 6) is -0.0532. The number of fused-ring (bicyclic) bond motifs is 1. The van der Waals surface area contributed by atoms with Crippen molar-refractivity contribution in [1.82, 2.24) is 14.9 Å². The predicted molar refractivity (Wildman–Crippen MR) is 80.8 cm³/mol. The summed E-state index contributed by atoms with van der Waals surface area (Å²) in [6, 6.07) is 5.38. The number of carboxylic acid groups (broad SMARTS) is 1. The van der Waals surface area contributed by atoms with E-state index in [1.807, 2.05) is 0 Å². The van der Waals surface area contributed by atoms with Gasteiger partial charge in [-0.15, -0.1) is 0 Å². The van der Waals surface area contributed by atoms with Crippen molar-refractivity contribution in [2.75, 3.05) is 31.6 Å². The number of anilines is 1. The maximum absolute atomic E-state index is 11.1. The monoisotopic (exact) mass is 286 g/mol. The number of hydrogen-bond acceptors (Lipinski definition) is 5. The lowest BCUT2D eigenvalue weighted by Gasteiger charge is -2.39. The molecule has 1 unspecified atom stereocenters. The Bertz CT molecular complexity index is 688. The van der Waals surface area contributed by atoms with E-state index in [1.54, 1.807) is 18.2 Å². The number of piperazine rings is 1. The number of rotatable bonds is 2. The first-order valence-electron chi connectivity index (χ1n) is 6.99. The van der Waals surface area contributed by atoms with Crippen LogP contribution in [0.2, 0.25) is 0 Å². The quantitative estimate of drug-likeness (QED) is 0.901. The SMILES string of the molecule is CC1CN(C)CCN1c1ncnc2cc(C(=O)O)ccc12. The van der Waals surface area contributed by atoms with Crippen molar-refractivity contribution in [3.05, 3.63) is 30.1 Å². The van der Waals surface area contributed by atoms with Gasteiger partial charge in [0.05, 0.1) is 11.1 Å². The second-order valence-corrected chi connectivity index (χ2v) is 5.54. The van der Waals surface area contributed by atoms with Gasteiger partial charge in [0.15, 0.2) is 0 Å². The molecule has 1 fully saturated rings. The molecule has 1 atom stereocenters. The fraction of sp³-hybridized carbons (Fsp3) is 0.400. The van der Waals surface area contributed by atoms with Crippen LogP contribution in [0, 0.1) is 0 Å². The summed E-state index contributed by atoms with van der Waals surface area (Å²) in [7, 11) is 2.12. The summed E-state index contributed by atoms with van der Waals surface area (Å²) in [4.78, 5) is 24.3. The van der Waals surface area contributed by atoms with E-state index in [0.717, 1.165) is 30.8 Å². The zero-order valence-electron chi connectivity index (χ0n) is 12.2. The highest BCUT2D eigenvalue weighted by atomic mass is 16.4. The van der Waals surface area contributed by atoms with Gasteiger partial charge in [0.2, 0.25) is 0 Å². The number of hydrogen-bond donors (Lipinski definition) is 1. The van der Waals surface area contributed by atoms with E-state index in [0.29, 0.717) is 11.6 Å². The summed E-state index contributed by atoms with van der Waals surface area (Å²) in [6.45, 7) is 5.06. The number of carbonyl (C=O) groups is 1. The minimum absolute atomic E-state index is 0.249. The van der Waals surface area contributed by atoms with Crippen molar-refractivity contribution in [1.29, 1.82) is 0 Å². The molecule has 2 aromatic rings. The van der Waals surface area contributed by atoms with E-state index in [4.69, 9.17) is 5.11 Å². The van der Waals surface area contributed by atoms with Crippen LogP contribution in [0.5, 0.6) is 0 Å². The molecule has 6 nitrogen and oxygen atoms in total. The van der Waals surface area contributed by atoms with Gasteiger partial charge in [-0.05, 0) is 32.2 Å². The molecule has 0 amide bonds. The Kier molecular flexibility index (Phi) is 3.47. The molecular formula is C15H18N4O2. The molecule has 110 valence electrons. The smallest absolute Gasteiger partial charge is 0.335 e. The van der Waals surface area contributed by atoms with Gasteiger partial charge in [0, 0.05) is 31.1 Å². The van der Waals surface area contributed by atoms with Crippen molar-refractivity contribution >= 4 is 22.7 Å². The van der Waals surface area contributed by atoms with Crippen LogP contribution in [-0.2, 0) is 0 Å². The van der Waals surface area contributed by atoms with Crippen LogP contribution in [-0.4, -0.2) is 58.7 Å². The van der Waals surface area contributed by atoms with E-state index in [1.165, 1.54) is 6.33 Å². The number of benzene rings is 1. The highest BCUT2D eigenvalue weighted by Gasteiger charge is 2.24. The van der Waals surface area contributed by atoms with Gasteiger partial charge in [0.25, 0.3) is 0 Å². The Morgan fingerprint density at radius 3 is 2.86 bits per heavy atom. The van der Waals surface area contributed by atoms with Crippen LogP contribution in [0.25, 0.3) is 10.9 Å². The summed E-state index contributed by atoms with van der Waals surface area (Å²) < 4.78 is 0. The molecule has 1 saturated heterocycles. The first-order valence-corrected chi connectivity index (χ1v) is 6.99. The Balaban J connectivity index is 2.05. The first kappa shape index (κ1) is 13.8. The highest BCUT2D eigenvalue weighted by Crippen LogP contribution is 2.26. The third-order valence-corrected chi connectivity index (χ3v) is 3.97. The van der Waals surface area contributed by atoms with Crippen molar-refractivity contribution in [3.8, 4) is 0 Å². The summed E-state index contributed by atoms with van der Waals surface area (Å²) in [5.41, 5.74) is 0.921. The predicted octanol–water partition coefficient (Wildman–Crippen LogP) is 1.47. The molecule has 1 aliphatic rings. The maximum Gasteiger partial charge on any atom is 0.335 e. The molecule has 6 heteroatoms. The molecule has 0 bridgehead atoms. The molecule has 0 saturated carbocycles. The standard InChI is InChI=1S/C15H18N4O2/c1-10-8-18(2)5-6-19(10)14-12-4-3-11(15(20)21)7-13(12)16-9-17-14/h3-4,7,9-10H,5-6,8H2,1-2H3,(H,20,21). The molecule has 0 radical (unpaired) electrons. The molecule has 1 aromatic carbocycles. The van der Waals surface area contributed by atoms with Crippen molar-refractivity contribution in [2.24, 2.45) is 0 Å². The number of nitrogens with zero attached hydrogens (tertiary/aromatic N) is 4. The second-order valence-electron chi connectivity index (χ2n) is 5.54. The first-order chi connectivity index (χ1) is 10.1. The molecule has 21 heavy (non-hydrogen) atoms. The molecular weight excluding hydrogens is 268 g/mol. The zero-order valence-corrected chi connectivity index (χ0v) is 12.2. The van der Waals surface area contributed by atoms with Crippen molar-refractivity contribution in [2.45, 2.75) is 13.0 Å². The molecule has 3 rings (SSSR count). The van der Waals surface area contributed by atoms with Crippen LogP contribution in [0.1, 0.15) is 17.3 Å². The van der Waals surface area contributed by atoms with Crippen molar-refractivity contribution < 1.29 is 9.90 Å². The molecule has 1 N–H and O–H groups in total. The maximum atomic E-state index is 11.1. The topological polar surface area (TPSA) is 69.6 Å². The average Bonchev–Trinajstić information content (AvgIpc) is 2.46. The van der Waals surface area contributed by atoms with Crippen LogP contribution >= 0.6 is 0 Å². The average molecular weight is 286 g/mol. The molecule has 0 aliphatic carbocycles. The fourth-order valence-corrected chi connectivity index (χ4v) is 2.86. The van der Waals surface area contributed by atoms with Crippen LogP contribution in [0.4, 0.5) is 5.82 Å². The third-order valence-electron chi connectivity index (χ3n) is 3.97. The van der Waals surface area contributed by atoms with Crippen molar-refractivity contribution in [3.63, 3.8) is 0 Å². The van der Waals surface area contributed by atoms with Gasteiger partial charge in [0.1, 0.15) is 12.1 Å². The van der Waals surface area contributed by atoms with Crippen LogP contribution < -0.4 is 4.90 Å². The number of aromatic carboxylic acids is 1. The summed E-state index contributed by atoms with van der Waals surface area (Å²) >= 11 is 0. The fourth-order valence-electron chi connectivity index (χ4n) is 2.86. The van der Waals surface area contributed by atoms with Gasteiger partial charge in [-0.25, -0.2) is 14.8 Å². The second kappa shape index (κ2) is 5.29. The highest BCUT2D eigenvalue weighted by molar-refractivity contribution is 5.96. The van der Waals surface area contributed by atoms with E-state index in [9.17, 15) is 4.79 Å². The molecule has 1 aliphatic heterocycles. The minimum Gasteiger partial charge on any atom is -0.478 e. The number of likely N-dealkylation sites (N-methyl/N-ethyl adjacent to an activating group) is 1. The molecule has 2 heterocycles. The Hall–Kier alpha value is -2.21. The number of aromatic nitrogens is 2. The summed E-state index contributed by atoms with van der Waals surface area (Å²) in [6.07, 6.45) is 1.51. The Labute approximate surface area is 123 Å². The van der Waals surface area contributed by atoms with Gasteiger partial charge in [-0.3, -0.25) is 0 Å². The van der Waals surface area contributed by atoms with Crippen LogP contribution in [0.15, 0.2) is 24.5 Å². The van der Waals surface area contributed by atoms with E-state index >= 15 is 0 Å². The van der Waals surface area contributed by atoms with Gasteiger partial charge in [-0.2, -0.15) is 0 Å². The van der Waals surface area contributed by atoms with Gasteiger partial charge >= 0.3 is 5.97 Å². The summed E-state index contributed by atoms with van der Waals surface area (Å²) in [5, 5.41) is 9.98. The third kappa shape index (κ3) is 2.54. The Morgan fingerprint density at radius 1 is 1.33 bits per heavy atom. The lowest BCUT2D eigenvalue weighted by atomic mass is 10.1.